The molecule has 3 rings (SSSR count). The van der Waals surface area contributed by atoms with Crippen molar-refractivity contribution in [2.75, 3.05) is 0 Å². The van der Waals surface area contributed by atoms with E-state index in [2.05, 4.69) is 5.32 Å². The molecule has 0 radical (unpaired) electrons. The van der Waals surface area contributed by atoms with E-state index in [0.29, 0.717) is 5.56 Å². The summed E-state index contributed by atoms with van der Waals surface area (Å²) in [4.78, 5) is 24.1. The molecule has 27 heavy (non-hydrogen) atoms. The van der Waals surface area contributed by atoms with Crippen LogP contribution >= 0.6 is 0 Å². The van der Waals surface area contributed by atoms with Gasteiger partial charge in [0.25, 0.3) is 5.91 Å². The van der Waals surface area contributed by atoms with E-state index in [1.54, 1.807) is 18.2 Å². The van der Waals surface area contributed by atoms with Crippen LogP contribution in [0, 0.1) is 5.41 Å². The van der Waals surface area contributed by atoms with Crippen LogP contribution < -0.4 is 11.1 Å². The SMILES string of the molecule is N=C(N)c1cccc(C(=O)NC(Cc2ccc3ccccc3c2)C(=O)O)c1. The second-order valence-corrected chi connectivity index (χ2v) is 6.24. The minimum Gasteiger partial charge on any atom is -0.480 e. The van der Waals surface area contributed by atoms with Crippen LogP contribution in [-0.2, 0) is 11.2 Å². The Bertz CT molecular complexity index is 1030. The second kappa shape index (κ2) is 7.70. The topological polar surface area (TPSA) is 116 Å². The van der Waals surface area contributed by atoms with E-state index >= 15 is 0 Å². The predicted octanol–water partition coefficient (Wildman–Crippen LogP) is 2.55. The average Bonchev–Trinajstić information content (AvgIpc) is 2.67. The normalized spacial score (nSPS) is 11.7. The number of nitrogen functional groups attached to an aromatic ring is 1. The third-order valence-corrected chi connectivity index (χ3v) is 4.29. The Balaban J connectivity index is 1.79. The molecule has 0 aliphatic carbocycles. The van der Waals surface area contributed by atoms with Gasteiger partial charge in [-0.05, 0) is 28.5 Å². The second-order valence-electron chi connectivity index (χ2n) is 6.24. The molecular formula is C21H19N3O3. The Morgan fingerprint density at radius 3 is 2.37 bits per heavy atom. The fourth-order valence-corrected chi connectivity index (χ4v) is 2.87. The molecule has 1 amide bonds. The Morgan fingerprint density at radius 1 is 0.963 bits per heavy atom. The van der Waals surface area contributed by atoms with Gasteiger partial charge in [-0.2, -0.15) is 0 Å². The monoisotopic (exact) mass is 361 g/mol. The highest BCUT2D eigenvalue weighted by atomic mass is 16.4. The van der Waals surface area contributed by atoms with Gasteiger partial charge in [0.2, 0.25) is 0 Å². The molecule has 1 unspecified atom stereocenters. The molecule has 6 nitrogen and oxygen atoms in total. The van der Waals surface area contributed by atoms with E-state index in [-0.39, 0.29) is 17.8 Å². The van der Waals surface area contributed by atoms with Gasteiger partial charge in [0, 0.05) is 17.5 Å². The van der Waals surface area contributed by atoms with Crippen molar-refractivity contribution in [3.8, 4) is 0 Å². The molecule has 3 aromatic carbocycles. The number of nitrogens with two attached hydrogens (primary N) is 1. The lowest BCUT2D eigenvalue weighted by Gasteiger charge is -2.15. The summed E-state index contributed by atoms with van der Waals surface area (Å²) in [5, 5.41) is 21.6. The maximum atomic E-state index is 12.5. The van der Waals surface area contributed by atoms with Gasteiger partial charge in [0.1, 0.15) is 11.9 Å². The fourth-order valence-electron chi connectivity index (χ4n) is 2.87. The largest absolute Gasteiger partial charge is 0.480 e. The lowest BCUT2D eigenvalue weighted by Crippen LogP contribution is -2.42. The predicted molar refractivity (Wildman–Crippen MR) is 104 cm³/mol. The number of amidine groups is 1. The molecule has 0 spiro atoms. The number of fused-ring (bicyclic) bond motifs is 1. The molecule has 6 heteroatoms. The summed E-state index contributed by atoms with van der Waals surface area (Å²) in [6, 6.07) is 18.7. The number of nitrogens with one attached hydrogen (secondary N) is 2. The van der Waals surface area contributed by atoms with Crippen molar-refractivity contribution in [2.45, 2.75) is 12.5 Å². The van der Waals surface area contributed by atoms with Gasteiger partial charge in [-0.25, -0.2) is 4.79 Å². The molecule has 5 N–H and O–H groups in total. The van der Waals surface area contributed by atoms with Crippen LogP contribution in [0.3, 0.4) is 0 Å². The van der Waals surface area contributed by atoms with Crippen LogP contribution in [0.15, 0.2) is 66.7 Å². The summed E-state index contributed by atoms with van der Waals surface area (Å²) in [7, 11) is 0. The van der Waals surface area contributed by atoms with Gasteiger partial charge < -0.3 is 16.2 Å². The number of aliphatic carboxylic acids is 1. The maximum Gasteiger partial charge on any atom is 0.326 e. The molecule has 0 bridgehead atoms. The zero-order valence-electron chi connectivity index (χ0n) is 14.5. The lowest BCUT2D eigenvalue weighted by atomic mass is 10.0. The van der Waals surface area contributed by atoms with E-state index in [1.165, 1.54) is 6.07 Å². The summed E-state index contributed by atoms with van der Waals surface area (Å²) in [5.41, 5.74) is 6.92. The molecule has 0 heterocycles. The summed E-state index contributed by atoms with van der Waals surface area (Å²) in [6.45, 7) is 0. The summed E-state index contributed by atoms with van der Waals surface area (Å²) in [5.74, 6) is -1.79. The fraction of sp³-hybridized carbons (Fsp3) is 0.0952. The van der Waals surface area contributed by atoms with Crippen molar-refractivity contribution < 1.29 is 14.7 Å². The van der Waals surface area contributed by atoms with Crippen LogP contribution in [-0.4, -0.2) is 28.9 Å². The molecule has 136 valence electrons. The maximum absolute atomic E-state index is 12.5. The van der Waals surface area contributed by atoms with Crippen molar-refractivity contribution in [2.24, 2.45) is 5.73 Å². The van der Waals surface area contributed by atoms with Crippen LogP contribution in [0.2, 0.25) is 0 Å². The highest BCUT2D eigenvalue weighted by Crippen LogP contribution is 2.17. The number of carboxylic acid groups (broad SMARTS) is 1. The zero-order valence-corrected chi connectivity index (χ0v) is 14.5. The van der Waals surface area contributed by atoms with Crippen LogP contribution in [0.5, 0.6) is 0 Å². The van der Waals surface area contributed by atoms with Crippen molar-refractivity contribution in [1.82, 2.24) is 5.32 Å². The Hall–Kier alpha value is -3.67. The first-order chi connectivity index (χ1) is 12.9. The van der Waals surface area contributed by atoms with Gasteiger partial charge in [-0.3, -0.25) is 10.2 Å². The smallest absolute Gasteiger partial charge is 0.326 e. The molecule has 3 aromatic rings. The highest BCUT2D eigenvalue weighted by Gasteiger charge is 2.21. The van der Waals surface area contributed by atoms with Crippen molar-refractivity contribution in [1.29, 1.82) is 5.41 Å². The van der Waals surface area contributed by atoms with Crippen molar-refractivity contribution in [3.63, 3.8) is 0 Å². The van der Waals surface area contributed by atoms with Gasteiger partial charge in [0.15, 0.2) is 0 Å². The molecular weight excluding hydrogens is 342 g/mol. The van der Waals surface area contributed by atoms with Crippen LogP contribution in [0.25, 0.3) is 10.8 Å². The number of carbonyl (C=O) groups is 2. The third-order valence-electron chi connectivity index (χ3n) is 4.29. The Labute approximate surface area is 156 Å². The summed E-state index contributed by atoms with van der Waals surface area (Å²) >= 11 is 0. The Morgan fingerprint density at radius 2 is 1.67 bits per heavy atom. The molecule has 0 aliphatic rings. The Kier molecular flexibility index (Phi) is 5.17. The van der Waals surface area contributed by atoms with E-state index in [9.17, 15) is 14.7 Å². The van der Waals surface area contributed by atoms with E-state index < -0.39 is 17.9 Å². The van der Waals surface area contributed by atoms with Gasteiger partial charge >= 0.3 is 5.97 Å². The van der Waals surface area contributed by atoms with Crippen LogP contribution in [0.1, 0.15) is 21.5 Å². The van der Waals surface area contributed by atoms with E-state index in [4.69, 9.17) is 11.1 Å². The number of carboxylic acids is 1. The molecule has 0 saturated heterocycles. The van der Waals surface area contributed by atoms with Gasteiger partial charge in [-0.15, -0.1) is 0 Å². The van der Waals surface area contributed by atoms with Gasteiger partial charge in [-0.1, -0.05) is 54.6 Å². The molecule has 0 fully saturated rings. The highest BCUT2D eigenvalue weighted by molar-refractivity contribution is 6.01. The summed E-state index contributed by atoms with van der Waals surface area (Å²) < 4.78 is 0. The van der Waals surface area contributed by atoms with Crippen molar-refractivity contribution >= 4 is 28.5 Å². The third kappa shape index (κ3) is 4.30. The van der Waals surface area contributed by atoms with Crippen LogP contribution in [0.4, 0.5) is 0 Å². The first-order valence-corrected chi connectivity index (χ1v) is 8.40. The minimum absolute atomic E-state index is 0.157. The summed E-state index contributed by atoms with van der Waals surface area (Å²) in [6.07, 6.45) is 0.165. The average molecular weight is 361 g/mol. The zero-order chi connectivity index (χ0) is 19.4. The molecule has 0 aliphatic heterocycles. The minimum atomic E-state index is -1.11. The van der Waals surface area contributed by atoms with Gasteiger partial charge in [0.05, 0.1) is 0 Å². The number of rotatable bonds is 6. The number of hydrogen-bond donors (Lipinski definition) is 4. The number of carbonyl (C=O) groups excluding carboxylic acids is 1. The standard InChI is InChI=1S/C21H19N3O3/c22-19(23)16-6-3-7-17(12-16)20(25)24-18(21(26)27)11-13-8-9-14-4-1-2-5-15(14)10-13/h1-10,12,18H,11H2,(H3,22,23)(H,24,25)(H,26,27). The molecule has 0 aromatic heterocycles. The first-order valence-electron chi connectivity index (χ1n) is 8.40. The molecule has 0 saturated carbocycles. The number of benzene rings is 3. The quantitative estimate of drug-likeness (QED) is 0.399. The van der Waals surface area contributed by atoms with E-state index in [0.717, 1.165) is 16.3 Å². The number of amides is 1. The van der Waals surface area contributed by atoms with Crippen molar-refractivity contribution in [3.05, 3.63) is 83.4 Å². The lowest BCUT2D eigenvalue weighted by molar-refractivity contribution is -0.139. The van der Waals surface area contributed by atoms with E-state index in [1.807, 2.05) is 42.5 Å². The first kappa shape index (κ1) is 18.1. The number of hydrogen-bond acceptors (Lipinski definition) is 3. The molecule has 1 atom stereocenters.